The first-order valence-electron chi connectivity index (χ1n) is 5.30. The molecule has 0 aromatic carbocycles. The first-order chi connectivity index (χ1) is 9.32. The molecule has 0 aliphatic rings. The summed E-state index contributed by atoms with van der Waals surface area (Å²) in [6.07, 6.45) is -2.68. The van der Waals surface area contributed by atoms with Gasteiger partial charge in [-0.2, -0.15) is 13.2 Å². The summed E-state index contributed by atoms with van der Waals surface area (Å²) in [5.74, 6) is -1.19. The lowest BCUT2D eigenvalue weighted by Crippen LogP contribution is -2.06. The van der Waals surface area contributed by atoms with Crippen LogP contribution >= 0.6 is 11.3 Å². The molecular formula is C11H9F3N2O3S. The molecule has 9 heteroatoms. The number of ether oxygens (including phenoxy) is 1. The zero-order valence-electron chi connectivity index (χ0n) is 10.1. The lowest BCUT2D eigenvalue weighted by Gasteiger charge is -2.02. The van der Waals surface area contributed by atoms with Crippen LogP contribution in [0.2, 0.25) is 0 Å². The van der Waals surface area contributed by atoms with Crippen LogP contribution in [0, 0.1) is 0 Å². The van der Waals surface area contributed by atoms with Crippen molar-refractivity contribution in [1.82, 2.24) is 9.38 Å². The van der Waals surface area contributed by atoms with Crippen molar-refractivity contribution in [2.24, 2.45) is 0 Å². The van der Waals surface area contributed by atoms with Gasteiger partial charge in [-0.3, -0.25) is 4.40 Å². The number of halogens is 3. The number of rotatable bonds is 4. The van der Waals surface area contributed by atoms with Crippen molar-refractivity contribution in [2.45, 2.75) is 12.6 Å². The Kier molecular flexibility index (Phi) is 3.71. The first-order valence-corrected chi connectivity index (χ1v) is 6.18. The van der Waals surface area contributed by atoms with Crippen LogP contribution in [0.25, 0.3) is 4.96 Å². The second-order valence-corrected chi connectivity index (χ2v) is 4.70. The van der Waals surface area contributed by atoms with E-state index in [1.807, 2.05) is 0 Å². The molecule has 5 nitrogen and oxygen atoms in total. The molecule has 0 amide bonds. The van der Waals surface area contributed by atoms with Gasteiger partial charge in [0.1, 0.15) is 0 Å². The summed E-state index contributed by atoms with van der Waals surface area (Å²) in [6.45, 7) is 0. The Bertz CT molecular complexity index is 672. The van der Waals surface area contributed by atoms with Crippen LogP contribution in [-0.4, -0.2) is 27.6 Å². The number of carbonyl (C=O) groups is 1. The second kappa shape index (κ2) is 5.16. The number of aliphatic carboxylic acids is 1. The molecule has 0 aliphatic carbocycles. The van der Waals surface area contributed by atoms with E-state index in [0.29, 0.717) is 5.69 Å². The molecule has 0 aliphatic heterocycles. The molecule has 0 spiro atoms. The Hall–Kier alpha value is -2.03. The summed E-state index contributed by atoms with van der Waals surface area (Å²) in [4.78, 5) is 14.6. The summed E-state index contributed by atoms with van der Waals surface area (Å²) < 4.78 is 43.5. The fourth-order valence-corrected chi connectivity index (χ4v) is 2.47. The molecule has 0 fully saturated rings. The van der Waals surface area contributed by atoms with Crippen molar-refractivity contribution in [3.8, 4) is 0 Å². The smallest absolute Gasteiger partial charge is 0.434 e. The highest BCUT2D eigenvalue weighted by Crippen LogP contribution is 2.30. The van der Waals surface area contributed by atoms with Crippen molar-refractivity contribution in [3.05, 3.63) is 34.8 Å². The topological polar surface area (TPSA) is 63.8 Å². The number of carboxylic acids is 1. The van der Waals surface area contributed by atoms with Crippen LogP contribution in [0.4, 0.5) is 13.2 Å². The number of fused-ring (bicyclic) bond motifs is 1. The maximum Gasteiger partial charge on any atom is 0.434 e. The molecule has 2 aromatic heterocycles. The molecule has 0 saturated carbocycles. The molecule has 2 rings (SSSR count). The SMILES string of the molecule is CO/C=C(/Cc1csc2nc(C(F)(F)F)cn12)C(=O)O. The lowest BCUT2D eigenvalue weighted by atomic mass is 10.2. The van der Waals surface area contributed by atoms with Gasteiger partial charge in [0, 0.05) is 23.7 Å². The molecule has 0 atom stereocenters. The molecule has 0 unspecified atom stereocenters. The van der Waals surface area contributed by atoms with Gasteiger partial charge in [-0.05, 0) is 0 Å². The summed E-state index contributed by atoms with van der Waals surface area (Å²) >= 11 is 1.01. The van der Waals surface area contributed by atoms with Crippen LogP contribution in [0.15, 0.2) is 23.4 Å². The Morgan fingerprint density at radius 2 is 2.30 bits per heavy atom. The quantitative estimate of drug-likeness (QED) is 0.696. The number of hydrogen-bond donors (Lipinski definition) is 1. The van der Waals surface area contributed by atoms with Gasteiger partial charge in [0.2, 0.25) is 0 Å². The first kappa shape index (κ1) is 14.4. The molecular weight excluding hydrogens is 297 g/mol. The fourth-order valence-electron chi connectivity index (χ4n) is 1.60. The molecule has 0 radical (unpaired) electrons. The van der Waals surface area contributed by atoms with Crippen molar-refractivity contribution >= 4 is 22.3 Å². The average Bonchev–Trinajstić information content (AvgIpc) is 2.89. The minimum atomic E-state index is -4.53. The monoisotopic (exact) mass is 306 g/mol. The summed E-state index contributed by atoms with van der Waals surface area (Å²) in [6, 6.07) is 0. The molecule has 1 N–H and O–H groups in total. The van der Waals surface area contributed by atoms with E-state index in [0.717, 1.165) is 23.8 Å². The molecule has 2 heterocycles. The summed E-state index contributed by atoms with van der Waals surface area (Å²) in [5.41, 5.74) is -0.661. The van der Waals surface area contributed by atoms with Gasteiger partial charge in [0.25, 0.3) is 0 Å². The second-order valence-electron chi connectivity index (χ2n) is 3.86. The summed E-state index contributed by atoms with van der Waals surface area (Å²) in [5, 5.41) is 10.5. The number of thiazole rings is 1. The number of methoxy groups -OCH3 is 1. The van der Waals surface area contributed by atoms with Crippen molar-refractivity contribution in [3.63, 3.8) is 0 Å². The van der Waals surface area contributed by atoms with Gasteiger partial charge in [0.15, 0.2) is 10.7 Å². The Balaban J connectivity index is 2.38. The van der Waals surface area contributed by atoms with Gasteiger partial charge in [-0.15, -0.1) is 11.3 Å². The molecule has 2 aromatic rings. The van der Waals surface area contributed by atoms with Crippen LogP contribution < -0.4 is 0 Å². The fraction of sp³-hybridized carbons (Fsp3) is 0.273. The van der Waals surface area contributed by atoms with Crippen LogP contribution in [-0.2, 0) is 22.1 Å². The highest BCUT2D eigenvalue weighted by Gasteiger charge is 2.34. The molecule has 108 valence electrons. The molecule has 0 saturated heterocycles. The highest BCUT2D eigenvalue weighted by atomic mass is 32.1. The zero-order chi connectivity index (χ0) is 14.9. The normalized spacial score (nSPS) is 12.9. The standard InChI is InChI=1S/C11H9F3N2O3S/c1-19-4-6(9(17)18)2-7-5-20-10-15-8(3-16(7)10)11(12,13)14/h3-5H,2H2,1H3,(H,17,18)/b6-4-. The number of carboxylic acid groups (broad SMARTS) is 1. The Labute approximate surface area is 114 Å². The third-order valence-electron chi connectivity index (χ3n) is 2.48. The van der Waals surface area contributed by atoms with Gasteiger partial charge >= 0.3 is 12.1 Å². The number of aromatic nitrogens is 2. The Morgan fingerprint density at radius 1 is 1.60 bits per heavy atom. The van der Waals surface area contributed by atoms with E-state index in [9.17, 15) is 18.0 Å². The van der Waals surface area contributed by atoms with E-state index in [1.54, 1.807) is 5.38 Å². The van der Waals surface area contributed by atoms with Gasteiger partial charge in [-0.25, -0.2) is 9.78 Å². The highest BCUT2D eigenvalue weighted by molar-refractivity contribution is 7.15. The van der Waals surface area contributed by atoms with Crippen molar-refractivity contribution in [1.29, 1.82) is 0 Å². The van der Waals surface area contributed by atoms with E-state index in [4.69, 9.17) is 5.11 Å². The maximum absolute atomic E-state index is 12.6. The van der Waals surface area contributed by atoms with E-state index >= 15 is 0 Å². The van der Waals surface area contributed by atoms with E-state index in [2.05, 4.69) is 9.72 Å². The van der Waals surface area contributed by atoms with Gasteiger partial charge in [-0.1, -0.05) is 0 Å². The average molecular weight is 306 g/mol. The zero-order valence-corrected chi connectivity index (χ0v) is 11.0. The van der Waals surface area contributed by atoms with Crippen molar-refractivity contribution in [2.75, 3.05) is 7.11 Å². The van der Waals surface area contributed by atoms with Crippen LogP contribution in [0.5, 0.6) is 0 Å². The molecule has 0 bridgehead atoms. The number of hydrogen-bond acceptors (Lipinski definition) is 4. The van der Waals surface area contributed by atoms with Gasteiger partial charge in [0.05, 0.1) is 18.9 Å². The van der Waals surface area contributed by atoms with E-state index in [1.165, 1.54) is 11.5 Å². The predicted octanol–water partition coefficient (Wildman–Crippen LogP) is 2.57. The third kappa shape index (κ3) is 2.77. The van der Waals surface area contributed by atoms with Crippen molar-refractivity contribution < 1.29 is 27.8 Å². The minimum absolute atomic E-state index is 0.0587. The Morgan fingerprint density at radius 3 is 2.85 bits per heavy atom. The number of imidazole rings is 1. The number of nitrogens with zero attached hydrogens (tertiary/aromatic N) is 2. The number of alkyl halides is 3. The van der Waals surface area contributed by atoms with Gasteiger partial charge < -0.3 is 9.84 Å². The van der Waals surface area contributed by atoms with E-state index in [-0.39, 0.29) is 17.0 Å². The largest absolute Gasteiger partial charge is 0.504 e. The minimum Gasteiger partial charge on any atom is -0.504 e. The third-order valence-corrected chi connectivity index (χ3v) is 3.37. The summed E-state index contributed by atoms with van der Waals surface area (Å²) in [7, 11) is 1.30. The van der Waals surface area contributed by atoms with Crippen LogP contribution in [0.3, 0.4) is 0 Å². The van der Waals surface area contributed by atoms with Crippen LogP contribution in [0.1, 0.15) is 11.4 Å². The molecule has 20 heavy (non-hydrogen) atoms. The lowest BCUT2D eigenvalue weighted by molar-refractivity contribution is -0.140. The predicted molar refractivity (Wildman–Crippen MR) is 64.5 cm³/mol. The van der Waals surface area contributed by atoms with E-state index < -0.39 is 17.8 Å². The maximum atomic E-state index is 12.6.